The van der Waals surface area contributed by atoms with Crippen LogP contribution < -0.4 is 5.32 Å². The number of carboxylic acid groups (broad SMARTS) is 1. The number of carbonyl (C=O) groups excluding carboxylic acids is 1. The van der Waals surface area contributed by atoms with Gasteiger partial charge < -0.3 is 15.2 Å². The third-order valence-corrected chi connectivity index (χ3v) is 2.24. The van der Waals surface area contributed by atoms with E-state index in [0.29, 0.717) is 6.54 Å². The van der Waals surface area contributed by atoms with Gasteiger partial charge in [0.1, 0.15) is 0 Å². The number of halogens is 1. The number of benzene rings is 1. The van der Waals surface area contributed by atoms with E-state index in [9.17, 15) is 9.59 Å². The molecule has 0 radical (unpaired) electrons. The Morgan fingerprint density at radius 2 is 1.95 bits per heavy atom. The molecule has 0 aliphatic heterocycles. The predicted molar refractivity (Wildman–Crippen MR) is 74.5 cm³/mol. The summed E-state index contributed by atoms with van der Waals surface area (Å²) in [4.78, 5) is 21.9. The Labute approximate surface area is 117 Å². The Balaban J connectivity index is 0.00000324. The maximum atomic E-state index is 11.3. The topological polar surface area (TPSA) is 75.6 Å². The number of ether oxygens (including phenoxy) is 1. The molecule has 1 rings (SSSR count). The van der Waals surface area contributed by atoms with Gasteiger partial charge in [-0.25, -0.2) is 9.59 Å². The highest BCUT2D eigenvalue weighted by atomic mass is 35.5. The number of carboxylic acids is 1. The van der Waals surface area contributed by atoms with Crippen molar-refractivity contribution >= 4 is 30.0 Å². The lowest BCUT2D eigenvalue weighted by atomic mass is 10.1. The van der Waals surface area contributed by atoms with Crippen LogP contribution in [0.4, 0.5) is 5.69 Å². The SMILES string of the molecule is COC(=O)/C(=C/C(=O)O)CCNc1ccccc1.Cl. The fraction of sp³-hybridized carbons (Fsp3) is 0.231. The van der Waals surface area contributed by atoms with Gasteiger partial charge in [0.25, 0.3) is 0 Å². The number of para-hydroxylation sites is 1. The smallest absolute Gasteiger partial charge is 0.334 e. The molecule has 1 aromatic carbocycles. The molecular formula is C13H16ClNO4. The van der Waals surface area contributed by atoms with Crippen LogP contribution in [0.2, 0.25) is 0 Å². The van der Waals surface area contributed by atoms with Gasteiger partial charge in [-0.15, -0.1) is 12.4 Å². The van der Waals surface area contributed by atoms with E-state index < -0.39 is 11.9 Å². The van der Waals surface area contributed by atoms with Crippen molar-refractivity contribution in [3.8, 4) is 0 Å². The molecule has 1 aromatic rings. The van der Waals surface area contributed by atoms with E-state index in [4.69, 9.17) is 5.11 Å². The molecule has 19 heavy (non-hydrogen) atoms. The first-order valence-corrected chi connectivity index (χ1v) is 5.44. The average Bonchev–Trinajstić information content (AvgIpc) is 2.37. The van der Waals surface area contributed by atoms with Gasteiger partial charge in [-0.05, 0) is 18.6 Å². The van der Waals surface area contributed by atoms with E-state index >= 15 is 0 Å². The van der Waals surface area contributed by atoms with Gasteiger partial charge in [-0.1, -0.05) is 18.2 Å². The molecule has 2 N–H and O–H groups in total. The second-order valence-electron chi connectivity index (χ2n) is 3.54. The maximum absolute atomic E-state index is 11.3. The molecule has 104 valence electrons. The van der Waals surface area contributed by atoms with Crippen LogP contribution in [-0.2, 0) is 14.3 Å². The quantitative estimate of drug-likeness (QED) is 0.618. The standard InChI is InChI=1S/C13H15NO4.ClH/c1-18-13(17)10(9-12(15)16)7-8-14-11-5-3-2-4-6-11;/h2-6,9,14H,7-8H2,1H3,(H,15,16);1H/b10-9+;. The van der Waals surface area contributed by atoms with Crippen molar-refractivity contribution in [3.63, 3.8) is 0 Å². The van der Waals surface area contributed by atoms with E-state index in [-0.39, 0.29) is 24.4 Å². The van der Waals surface area contributed by atoms with Crippen LogP contribution in [0.5, 0.6) is 0 Å². The zero-order valence-corrected chi connectivity index (χ0v) is 11.3. The summed E-state index contributed by atoms with van der Waals surface area (Å²) < 4.78 is 4.52. The molecule has 0 fully saturated rings. The summed E-state index contributed by atoms with van der Waals surface area (Å²) in [5.74, 6) is -1.78. The highest BCUT2D eigenvalue weighted by molar-refractivity contribution is 5.95. The van der Waals surface area contributed by atoms with Crippen molar-refractivity contribution in [1.29, 1.82) is 0 Å². The number of anilines is 1. The maximum Gasteiger partial charge on any atom is 0.334 e. The first-order chi connectivity index (χ1) is 8.63. The van der Waals surface area contributed by atoms with Crippen LogP contribution in [0.15, 0.2) is 42.0 Å². The second kappa shape index (κ2) is 8.99. The van der Waals surface area contributed by atoms with Crippen molar-refractivity contribution < 1.29 is 19.4 Å². The van der Waals surface area contributed by atoms with Gasteiger partial charge in [0.05, 0.1) is 7.11 Å². The second-order valence-corrected chi connectivity index (χ2v) is 3.54. The highest BCUT2D eigenvalue weighted by Crippen LogP contribution is 2.08. The van der Waals surface area contributed by atoms with Crippen molar-refractivity contribution in [2.75, 3.05) is 19.0 Å². The number of esters is 1. The Hall–Kier alpha value is -2.01. The van der Waals surface area contributed by atoms with Gasteiger partial charge >= 0.3 is 11.9 Å². The molecule has 0 spiro atoms. The fourth-order valence-corrected chi connectivity index (χ4v) is 1.41. The zero-order valence-electron chi connectivity index (χ0n) is 10.5. The summed E-state index contributed by atoms with van der Waals surface area (Å²) >= 11 is 0. The third kappa shape index (κ3) is 6.47. The first-order valence-electron chi connectivity index (χ1n) is 5.44. The molecule has 5 nitrogen and oxygen atoms in total. The average molecular weight is 286 g/mol. The number of hydrogen-bond acceptors (Lipinski definition) is 4. The molecular weight excluding hydrogens is 270 g/mol. The van der Waals surface area contributed by atoms with Crippen molar-refractivity contribution in [2.45, 2.75) is 6.42 Å². The Morgan fingerprint density at radius 3 is 2.47 bits per heavy atom. The van der Waals surface area contributed by atoms with Crippen LogP contribution in [0.1, 0.15) is 6.42 Å². The van der Waals surface area contributed by atoms with E-state index in [1.54, 1.807) is 0 Å². The van der Waals surface area contributed by atoms with Gasteiger partial charge in [0, 0.05) is 23.9 Å². The van der Waals surface area contributed by atoms with Crippen molar-refractivity contribution in [1.82, 2.24) is 0 Å². The molecule has 0 atom stereocenters. The Morgan fingerprint density at radius 1 is 1.32 bits per heavy atom. The van der Waals surface area contributed by atoms with Crippen LogP contribution >= 0.6 is 12.4 Å². The van der Waals surface area contributed by atoms with Crippen molar-refractivity contribution in [2.24, 2.45) is 0 Å². The number of nitrogens with one attached hydrogen (secondary N) is 1. The molecule has 0 aliphatic rings. The number of carbonyl (C=O) groups is 2. The van der Waals surface area contributed by atoms with Crippen LogP contribution in [0.25, 0.3) is 0 Å². The van der Waals surface area contributed by atoms with Crippen molar-refractivity contribution in [3.05, 3.63) is 42.0 Å². The van der Waals surface area contributed by atoms with Gasteiger partial charge in [-0.2, -0.15) is 0 Å². The predicted octanol–water partition coefficient (Wildman–Crippen LogP) is 2.09. The normalized spacial score (nSPS) is 10.3. The largest absolute Gasteiger partial charge is 0.478 e. The highest BCUT2D eigenvalue weighted by Gasteiger charge is 2.11. The van der Waals surface area contributed by atoms with Crippen LogP contribution in [0, 0.1) is 0 Å². The molecule has 0 saturated carbocycles. The monoisotopic (exact) mass is 285 g/mol. The first kappa shape index (κ1) is 17.0. The zero-order chi connectivity index (χ0) is 13.4. The fourth-order valence-electron chi connectivity index (χ4n) is 1.41. The summed E-state index contributed by atoms with van der Waals surface area (Å²) in [6.45, 7) is 0.457. The molecule has 0 heterocycles. The molecule has 0 bridgehead atoms. The summed E-state index contributed by atoms with van der Waals surface area (Å²) in [5.41, 5.74) is 1.05. The molecule has 0 aliphatic carbocycles. The minimum absolute atomic E-state index is 0. The van der Waals surface area contributed by atoms with Gasteiger partial charge in [0.2, 0.25) is 0 Å². The van der Waals surface area contributed by atoms with Crippen LogP contribution in [0.3, 0.4) is 0 Å². The van der Waals surface area contributed by atoms with Crippen LogP contribution in [-0.4, -0.2) is 30.7 Å². The van der Waals surface area contributed by atoms with Gasteiger partial charge in [0.15, 0.2) is 0 Å². The minimum Gasteiger partial charge on any atom is -0.478 e. The van der Waals surface area contributed by atoms with Gasteiger partial charge in [-0.3, -0.25) is 0 Å². The molecule has 6 heteroatoms. The summed E-state index contributed by atoms with van der Waals surface area (Å²) in [7, 11) is 1.22. The lowest BCUT2D eigenvalue weighted by Crippen LogP contribution is -2.12. The molecule has 0 aromatic heterocycles. The number of rotatable bonds is 6. The van der Waals surface area contributed by atoms with E-state index in [2.05, 4.69) is 10.1 Å². The molecule has 0 saturated heterocycles. The Bertz CT molecular complexity index is 445. The lowest BCUT2D eigenvalue weighted by Gasteiger charge is -2.07. The number of methoxy groups -OCH3 is 1. The summed E-state index contributed by atoms with van der Waals surface area (Å²) in [6, 6.07) is 9.44. The van der Waals surface area contributed by atoms with E-state index in [0.717, 1.165) is 11.8 Å². The molecule has 0 unspecified atom stereocenters. The lowest BCUT2D eigenvalue weighted by molar-refractivity contribution is -0.137. The summed E-state index contributed by atoms with van der Waals surface area (Å²) in [6.07, 6.45) is 1.16. The Kier molecular flexibility index (Phi) is 8.04. The molecule has 0 amide bonds. The van der Waals surface area contributed by atoms with E-state index in [1.165, 1.54) is 7.11 Å². The number of hydrogen-bond donors (Lipinski definition) is 2. The minimum atomic E-state index is -1.16. The summed E-state index contributed by atoms with van der Waals surface area (Å²) in [5, 5.41) is 11.7. The van der Waals surface area contributed by atoms with E-state index in [1.807, 2.05) is 30.3 Å². The number of aliphatic carboxylic acids is 1. The third-order valence-electron chi connectivity index (χ3n) is 2.24.